The van der Waals surface area contributed by atoms with Crippen molar-refractivity contribution in [2.75, 3.05) is 45.3 Å². The molecule has 4 rings (SSSR count). The smallest absolute Gasteiger partial charge is 0.262 e. The Morgan fingerprint density at radius 3 is 2.47 bits per heavy atom. The molecule has 1 aliphatic heterocycles. The molecule has 1 amide bonds. The Kier molecular flexibility index (Phi) is 7.43. The molecular formula is C24H27ClN4O4S. The number of anilines is 1. The molecule has 2 aromatic carbocycles. The lowest BCUT2D eigenvalue weighted by molar-refractivity contribution is -0.131. The lowest BCUT2D eigenvalue weighted by Crippen LogP contribution is -2.48. The highest BCUT2D eigenvalue weighted by Gasteiger charge is 2.21. The first-order valence-electron chi connectivity index (χ1n) is 11.1. The summed E-state index contributed by atoms with van der Waals surface area (Å²) in [6.45, 7) is 3.18. The van der Waals surface area contributed by atoms with Crippen molar-refractivity contribution in [2.45, 2.75) is 19.4 Å². The van der Waals surface area contributed by atoms with Crippen LogP contribution in [0.25, 0.3) is 10.9 Å². The van der Waals surface area contributed by atoms with Crippen LogP contribution in [-0.4, -0.2) is 60.8 Å². The zero-order chi connectivity index (χ0) is 24.2. The van der Waals surface area contributed by atoms with Gasteiger partial charge in [-0.05, 0) is 42.9 Å². The minimum absolute atomic E-state index is 0.0842. The third kappa shape index (κ3) is 5.05. The standard InChI is InChI=1S/C24H27ClN4O4S/c1-32-20-14-18-19(15-21(20)33-2)26-24(34)29(23(18)31)8-4-7-22(30)28-11-9-27(10-12-28)17-6-3-5-16(25)13-17/h3,5-6,13-15H,4,7-12H2,1-2H3,(H,26,34). The van der Waals surface area contributed by atoms with Gasteiger partial charge in [-0.3, -0.25) is 14.2 Å². The largest absolute Gasteiger partial charge is 0.493 e. The van der Waals surface area contributed by atoms with Crippen LogP contribution in [-0.2, 0) is 11.3 Å². The molecule has 34 heavy (non-hydrogen) atoms. The maximum Gasteiger partial charge on any atom is 0.262 e. The van der Waals surface area contributed by atoms with E-state index in [-0.39, 0.29) is 11.5 Å². The first kappa shape index (κ1) is 24.1. The maximum absolute atomic E-state index is 13.1. The fourth-order valence-electron chi connectivity index (χ4n) is 4.22. The van der Waals surface area contributed by atoms with Crippen LogP contribution < -0.4 is 19.9 Å². The van der Waals surface area contributed by atoms with Gasteiger partial charge in [0.05, 0.1) is 25.1 Å². The van der Waals surface area contributed by atoms with E-state index in [0.29, 0.717) is 64.7 Å². The van der Waals surface area contributed by atoms with E-state index in [4.69, 9.17) is 33.3 Å². The Hall–Kier alpha value is -3.04. The van der Waals surface area contributed by atoms with Crippen molar-refractivity contribution >= 4 is 46.3 Å². The number of nitrogens with zero attached hydrogens (tertiary/aromatic N) is 3. The second-order valence-corrected chi connectivity index (χ2v) is 8.91. The molecule has 0 spiro atoms. The number of nitrogens with one attached hydrogen (secondary N) is 1. The van der Waals surface area contributed by atoms with Gasteiger partial charge in [-0.2, -0.15) is 0 Å². The van der Waals surface area contributed by atoms with Gasteiger partial charge in [-0.25, -0.2) is 0 Å². The van der Waals surface area contributed by atoms with E-state index in [1.807, 2.05) is 29.2 Å². The highest BCUT2D eigenvalue weighted by molar-refractivity contribution is 7.71. The van der Waals surface area contributed by atoms with Gasteiger partial charge < -0.3 is 24.3 Å². The predicted octanol–water partition coefficient (Wildman–Crippen LogP) is 3.86. The minimum atomic E-state index is -0.220. The number of rotatable bonds is 7. The lowest BCUT2D eigenvalue weighted by Gasteiger charge is -2.36. The van der Waals surface area contributed by atoms with Gasteiger partial charge in [-0.15, -0.1) is 0 Å². The zero-order valence-electron chi connectivity index (χ0n) is 19.2. The van der Waals surface area contributed by atoms with Gasteiger partial charge in [0, 0.05) is 55.9 Å². The molecule has 3 aromatic rings. The number of hydrogen-bond donors (Lipinski definition) is 1. The molecule has 1 fully saturated rings. The zero-order valence-corrected chi connectivity index (χ0v) is 20.7. The Morgan fingerprint density at radius 1 is 1.09 bits per heavy atom. The first-order chi connectivity index (χ1) is 16.4. The summed E-state index contributed by atoms with van der Waals surface area (Å²) in [5.41, 5.74) is 1.43. The van der Waals surface area contributed by atoms with E-state index in [9.17, 15) is 9.59 Å². The third-order valence-corrected chi connectivity index (χ3v) is 6.62. The molecule has 10 heteroatoms. The van der Waals surface area contributed by atoms with Crippen molar-refractivity contribution in [2.24, 2.45) is 0 Å². The number of aromatic amines is 1. The minimum Gasteiger partial charge on any atom is -0.493 e. The van der Waals surface area contributed by atoms with Gasteiger partial charge in [0.15, 0.2) is 16.3 Å². The van der Waals surface area contributed by atoms with E-state index < -0.39 is 0 Å². The number of aromatic nitrogens is 2. The van der Waals surface area contributed by atoms with E-state index in [0.717, 1.165) is 18.8 Å². The van der Waals surface area contributed by atoms with Crippen LogP contribution in [0.4, 0.5) is 5.69 Å². The fraction of sp³-hybridized carbons (Fsp3) is 0.375. The number of carbonyl (C=O) groups excluding carboxylic acids is 1. The molecule has 0 unspecified atom stereocenters. The number of amides is 1. The van der Waals surface area contributed by atoms with Crippen LogP contribution in [0.3, 0.4) is 0 Å². The van der Waals surface area contributed by atoms with Crippen molar-refractivity contribution in [3.63, 3.8) is 0 Å². The van der Waals surface area contributed by atoms with Crippen molar-refractivity contribution in [3.05, 3.63) is 56.5 Å². The third-order valence-electron chi connectivity index (χ3n) is 6.06. The second kappa shape index (κ2) is 10.5. The summed E-state index contributed by atoms with van der Waals surface area (Å²) in [7, 11) is 3.06. The van der Waals surface area contributed by atoms with Crippen LogP contribution in [0.1, 0.15) is 12.8 Å². The molecule has 1 aliphatic rings. The van der Waals surface area contributed by atoms with Crippen molar-refractivity contribution in [3.8, 4) is 11.5 Å². The van der Waals surface area contributed by atoms with Crippen LogP contribution in [0.2, 0.25) is 5.02 Å². The molecular weight excluding hydrogens is 476 g/mol. The molecule has 1 N–H and O–H groups in total. The molecule has 0 saturated carbocycles. The Bertz CT molecular complexity index is 1310. The summed E-state index contributed by atoms with van der Waals surface area (Å²) >= 11 is 11.5. The average Bonchev–Trinajstić information content (AvgIpc) is 2.85. The van der Waals surface area contributed by atoms with Gasteiger partial charge in [-0.1, -0.05) is 17.7 Å². The number of ether oxygens (including phenoxy) is 2. The van der Waals surface area contributed by atoms with Crippen LogP contribution in [0.15, 0.2) is 41.2 Å². The van der Waals surface area contributed by atoms with Gasteiger partial charge in [0.1, 0.15) is 0 Å². The summed E-state index contributed by atoms with van der Waals surface area (Å²) in [6, 6.07) is 11.1. The SMILES string of the molecule is COc1cc2[nH]c(=S)n(CCCC(=O)N3CCN(c4cccc(Cl)c4)CC3)c(=O)c2cc1OC. The van der Waals surface area contributed by atoms with E-state index >= 15 is 0 Å². The molecule has 0 bridgehead atoms. The molecule has 180 valence electrons. The van der Waals surface area contributed by atoms with Crippen LogP contribution >= 0.6 is 23.8 Å². The summed E-state index contributed by atoms with van der Waals surface area (Å²) in [4.78, 5) is 33.0. The highest BCUT2D eigenvalue weighted by Crippen LogP contribution is 2.30. The average molecular weight is 503 g/mol. The highest BCUT2D eigenvalue weighted by atomic mass is 35.5. The van der Waals surface area contributed by atoms with Crippen molar-refractivity contribution in [1.82, 2.24) is 14.5 Å². The molecule has 1 aromatic heterocycles. The maximum atomic E-state index is 13.1. The number of H-pyrrole nitrogens is 1. The van der Waals surface area contributed by atoms with E-state index in [1.54, 1.807) is 12.1 Å². The monoisotopic (exact) mass is 502 g/mol. The number of hydrogen-bond acceptors (Lipinski definition) is 6. The second-order valence-electron chi connectivity index (χ2n) is 8.09. The van der Waals surface area contributed by atoms with Crippen LogP contribution in [0, 0.1) is 4.77 Å². The molecule has 0 radical (unpaired) electrons. The van der Waals surface area contributed by atoms with Crippen molar-refractivity contribution in [1.29, 1.82) is 0 Å². The number of carbonyl (C=O) groups is 1. The van der Waals surface area contributed by atoms with Gasteiger partial charge in [0.25, 0.3) is 5.56 Å². The number of piperazine rings is 1. The Balaban J connectivity index is 1.37. The normalized spacial score (nSPS) is 13.9. The van der Waals surface area contributed by atoms with Crippen LogP contribution in [0.5, 0.6) is 11.5 Å². The lowest BCUT2D eigenvalue weighted by atomic mass is 10.2. The Morgan fingerprint density at radius 2 is 1.79 bits per heavy atom. The van der Waals surface area contributed by atoms with Gasteiger partial charge in [0.2, 0.25) is 5.91 Å². The molecule has 1 saturated heterocycles. The number of methoxy groups -OCH3 is 2. The summed E-state index contributed by atoms with van der Waals surface area (Å²) in [6.07, 6.45) is 0.867. The number of benzene rings is 2. The van der Waals surface area contributed by atoms with E-state index in [1.165, 1.54) is 18.8 Å². The summed E-state index contributed by atoms with van der Waals surface area (Å²) < 4.78 is 12.4. The summed E-state index contributed by atoms with van der Waals surface area (Å²) in [5.74, 6) is 1.07. The topological polar surface area (TPSA) is 79.8 Å². The predicted molar refractivity (Wildman–Crippen MR) is 136 cm³/mol. The van der Waals surface area contributed by atoms with Crippen molar-refractivity contribution < 1.29 is 14.3 Å². The molecule has 8 nitrogen and oxygen atoms in total. The quantitative estimate of drug-likeness (QED) is 0.494. The first-order valence-corrected chi connectivity index (χ1v) is 11.9. The number of fused-ring (bicyclic) bond motifs is 1. The number of halogens is 1. The molecule has 0 atom stereocenters. The Labute approximate surface area is 207 Å². The van der Waals surface area contributed by atoms with E-state index in [2.05, 4.69) is 9.88 Å². The fourth-order valence-corrected chi connectivity index (χ4v) is 4.68. The molecule has 2 heterocycles. The molecule has 0 aliphatic carbocycles. The van der Waals surface area contributed by atoms with Gasteiger partial charge >= 0.3 is 0 Å². The summed E-state index contributed by atoms with van der Waals surface area (Å²) in [5, 5.41) is 1.16.